The Labute approximate surface area is 314 Å². The van der Waals surface area contributed by atoms with Gasteiger partial charge in [0.1, 0.15) is 5.82 Å². The summed E-state index contributed by atoms with van der Waals surface area (Å²) < 4.78 is 65.8. The highest BCUT2D eigenvalue weighted by atomic mass is 15.1. The summed E-state index contributed by atoms with van der Waals surface area (Å²) in [6.07, 6.45) is 0.797. The quantitative estimate of drug-likeness (QED) is 0.166. The van der Waals surface area contributed by atoms with Crippen LogP contribution in [0, 0.1) is 0 Å². The maximum Gasteiger partial charge on any atom is 0.114 e. The molecule has 0 radical (unpaired) electrons. The number of aryl methyl sites for hydroxylation is 1. The summed E-state index contributed by atoms with van der Waals surface area (Å²) in [5.74, 6) is 1.00. The number of imidazole rings is 1. The molecule has 1 aliphatic rings. The Morgan fingerprint density at radius 1 is 0.577 bits per heavy atom. The van der Waals surface area contributed by atoms with Gasteiger partial charge in [0.05, 0.1) is 20.6 Å². The second-order valence-electron chi connectivity index (χ2n) is 14.1. The van der Waals surface area contributed by atoms with Crippen molar-refractivity contribution < 1.29 is 9.60 Å². The molecule has 10 rings (SSSR count). The van der Waals surface area contributed by atoms with Crippen molar-refractivity contribution in [2.24, 2.45) is 0 Å². The van der Waals surface area contributed by atoms with E-state index in [9.17, 15) is 4.11 Å². The highest BCUT2D eigenvalue weighted by molar-refractivity contribution is 6.21. The van der Waals surface area contributed by atoms with Gasteiger partial charge >= 0.3 is 0 Å². The number of aromatic nitrogens is 2. The maximum atomic E-state index is 9.89. The van der Waals surface area contributed by atoms with Crippen LogP contribution >= 0.6 is 0 Å². The van der Waals surface area contributed by atoms with Gasteiger partial charge in [-0.3, -0.25) is 4.57 Å². The molecule has 0 N–H and O–H groups in total. The lowest BCUT2D eigenvalue weighted by atomic mass is 9.80. The van der Waals surface area contributed by atoms with E-state index >= 15 is 0 Å². The van der Waals surface area contributed by atoms with E-state index in [1.165, 1.54) is 0 Å². The van der Waals surface area contributed by atoms with Gasteiger partial charge in [-0.25, -0.2) is 4.98 Å². The van der Waals surface area contributed by atoms with Gasteiger partial charge < -0.3 is 0 Å². The minimum Gasteiger partial charge on any atom is -0.296 e. The van der Waals surface area contributed by atoms with Crippen LogP contribution in [0.2, 0.25) is 0 Å². The number of hydrogen-bond donors (Lipinski definition) is 0. The third kappa shape index (κ3) is 4.54. The Hall–Kier alpha value is -6.25. The van der Waals surface area contributed by atoms with E-state index in [0.717, 1.165) is 72.8 Å². The number of nitrogens with zero attached hydrogens (tertiary/aromatic N) is 2. The first-order valence-corrected chi connectivity index (χ1v) is 17.8. The fourth-order valence-corrected chi connectivity index (χ4v) is 8.27. The zero-order chi connectivity index (χ0) is 41.1. The number of rotatable bonds is 5. The predicted molar refractivity (Wildman–Crippen MR) is 219 cm³/mol. The van der Waals surface area contributed by atoms with Crippen LogP contribution < -0.4 is 0 Å². The highest BCUT2D eigenvalue weighted by Crippen LogP contribution is 2.51. The van der Waals surface area contributed by atoms with E-state index in [2.05, 4.69) is 84.3 Å². The van der Waals surface area contributed by atoms with E-state index in [4.69, 9.17) is 10.5 Å². The second-order valence-corrected chi connectivity index (χ2v) is 14.1. The van der Waals surface area contributed by atoms with Gasteiger partial charge in [-0.05, 0) is 114 Å². The van der Waals surface area contributed by atoms with Gasteiger partial charge in [-0.2, -0.15) is 0 Å². The number of para-hydroxylation sites is 2. The fraction of sp³-hybridized carbons (Fsp3) is 0.100. The van der Waals surface area contributed by atoms with Gasteiger partial charge in [0, 0.05) is 17.5 Å². The minimum absolute atomic E-state index is 0.0564. The van der Waals surface area contributed by atoms with E-state index < -0.39 is 5.41 Å². The number of fused-ring (bicyclic) bond motifs is 6. The Bertz CT molecular complexity index is 3210. The van der Waals surface area contributed by atoms with Crippen molar-refractivity contribution in [1.82, 2.24) is 9.55 Å². The molecule has 2 nitrogen and oxygen atoms in total. The molecule has 2 heteroatoms. The molecule has 8 aromatic carbocycles. The summed E-state index contributed by atoms with van der Waals surface area (Å²) in [5.41, 5.74) is 8.47. The van der Waals surface area contributed by atoms with Crippen LogP contribution in [0.25, 0.3) is 82.8 Å². The summed E-state index contributed by atoms with van der Waals surface area (Å²) in [4.78, 5) is 4.91. The number of benzene rings is 8. The molecule has 9 aromatic rings. The average Bonchev–Trinajstić information content (AvgIpc) is 3.76. The molecule has 1 aromatic heterocycles. The third-order valence-electron chi connectivity index (χ3n) is 10.7. The lowest BCUT2D eigenvalue weighted by molar-refractivity contribution is 0.660. The largest absolute Gasteiger partial charge is 0.296 e. The SMILES string of the molecule is [2H]c1c([2H])c([2H])c2c(c1[2H])-c1c([2H])c([2H])c(-c3c4ccccc4c(-c4cccc(-c5cccc(-n6c(CC)nc7ccccc76)c5)c4)c4ccccc34)c([2H])c1C2(C)C. The Morgan fingerprint density at radius 2 is 1.17 bits per heavy atom. The molecule has 1 aliphatic carbocycles. The highest BCUT2D eigenvalue weighted by Gasteiger charge is 2.35. The van der Waals surface area contributed by atoms with Crippen LogP contribution in [0.1, 0.15) is 47.3 Å². The molecule has 248 valence electrons. The van der Waals surface area contributed by atoms with Crippen LogP contribution in [0.5, 0.6) is 0 Å². The van der Waals surface area contributed by atoms with Crippen LogP contribution in [-0.2, 0) is 11.8 Å². The molecule has 0 spiro atoms. The first kappa shape index (κ1) is 24.0. The van der Waals surface area contributed by atoms with Crippen LogP contribution in [0.4, 0.5) is 0 Å². The first-order chi connectivity index (χ1) is 28.4. The molecule has 0 aliphatic heterocycles. The zero-order valence-electron chi connectivity index (χ0n) is 36.1. The summed E-state index contributed by atoms with van der Waals surface area (Å²) in [6, 6.07) is 40.1. The topological polar surface area (TPSA) is 17.8 Å². The molecule has 0 saturated heterocycles. The molecular weight excluding hydrogens is 629 g/mol. The smallest absolute Gasteiger partial charge is 0.114 e. The Morgan fingerprint density at radius 3 is 1.90 bits per heavy atom. The van der Waals surface area contributed by atoms with Crippen LogP contribution in [0.3, 0.4) is 0 Å². The Balaban J connectivity index is 1.19. The summed E-state index contributed by atoms with van der Waals surface area (Å²) in [7, 11) is 0. The Kier molecular flexibility index (Phi) is 5.38. The van der Waals surface area contributed by atoms with E-state index in [-0.39, 0.29) is 53.4 Å². The molecule has 52 heavy (non-hydrogen) atoms. The fourth-order valence-electron chi connectivity index (χ4n) is 8.27. The van der Waals surface area contributed by atoms with Crippen molar-refractivity contribution in [3.05, 3.63) is 181 Å². The lowest BCUT2D eigenvalue weighted by Gasteiger charge is -2.23. The van der Waals surface area contributed by atoms with Gasteiger partial charge in [-0.1, -0.05) is 148 Å². The van der Waals surface area contributed by atoms with Gasteiger partial charge in [0.15, 0.2) is 0 Å². The van der Waals surface area contributed by atoms with Crippen molar-refractivity contribution in [3.63, 3.8) is 0 Å². The molecule has 0 saturated carbocycles. The molecule has 1 heterocycles. The lowest BCUT2D eigenvalue weighted by Crippen LogP contribution is -2.14. The number of hydrogen-bond acceptors (Lipinski definition) is 1. The van der Waals surface area contributed by atoms with Gasteiger partial charge in [0.2, 0.25) is 0 Å². The van der Waals surface area contributed by atoms with E-state index in [1.54, 1.807) is 0 Å². The van der Waals surface area contributed by atoms with Crippen LogP contribution in [0.15, 0.2) is 164 Å². The molecular formula is C50H38N2. The second kappa shape index (κ2) is 11.6. The summed E-state index contributed by atoms with van der Waals surface area (Å²) >= 11 is 0. The summed E-state index contributed by atoms with van der Waals surface area (Å²) in [6.45, 7) is 5.83. The van der Waals surface area contributed by atoms with Crippen molar-refractivity contribution in [2.45, 2.75) is 32.6 Å². The molecule has 0 amide bonds. The summed E-state index contributed by atoms with van der Waals surface area (Å²) in [5, 5.41) is 3.56. The maximum absolute atomic E-state index is 9.89. The minimum atomic E-state index is -1.03. The molecule has 0 atom stereocenters. The van der Waals surface area contributed by atoms with E-state index in [0.29, 0.717) is 22.3 Å². The van der Waals surface area contributed by atoms with Crippen LogP contribution in [-0.4, -0.2) is 9.55 Å². The van der Waals surface area contributed by atoms with Gasteiger partial charge in [0.25, 0.3) is 0 Å². The molecule has 0 fully saturated rings. The van der Waals surface area contributed by atoms with Crippen molar-refractivity contribution >= 4 is 32.6 Å². The molecule has 0 bridgehead atoms. The van der Waals surface area contributed by atoms with Crippen molar-refractivity contribution in [1.29, 1.82) is 0 Å². The standard InChI is InChI=1S/C50H38N2/c1-4-47-51-45-25-11-12-26-46(45)52(47)36-18-14-16-33(30-36)32-15-13-17-34(29-32)48-39-20-5-7-22-41(39)49(42-23-8-6-21-40(42)48)35-27-28-38-37-19-9-10-24-43(37)50(2,3)44(38)31-35/h5-31H,4H2,1-3H3/i9D,10D,19D,24D,27D,28D,31D. The monoisotopic (exact) mass is 673 g/mol. The van der Waals surface area contributed by atoms with Crippen molar-refractivity contribution in [3.8, 4) is 50.2 Å². The average molecular weight is 674 g/mol. The first-order valence-electron chi connectivity index (χ1n) is 21.3. The van der Waals surface area contributed by atoms with Gasteiger partial charge in [-0.15, -0.1) is 0 Å². The van der Waals surface area contributed by atoms with Crippen molar-refractivity contribution in [2.75, 3.05) is 0 Å². The normalized spacial score (nSPS) is 15.0. The zero-order valence-corrected chi connectivity index (χ0v) is 29.1. The molecule has 0 unspecified atom stereocenters. The predicted octanol–water partition coefficient (Wildman–Crippen LogP) is 13.2. The third-order valence-corrected chi connectivity index (χ3v) is 10.7. The van der Waals surface area contributed by atoms with E-state index in [1.807, 2.05) is 62.4 Å².